The van der Waals surface area contributed by atoms with Crippen molar-refractivity contribution in [2.45, 2.75) is 6.42 Å². The molecule has 0 fully saturated rings. The van der Waals surface area contributed by atoms with Crippen LogP contribution < -0.4 is 11.1 Å². The van der Waals surface area contributed by atoms with Crippen LogP contribution in [-0.4, -0.2) is 16.8 Å². The first-order valence-electron chi connectivity index (χ1n) is 5.96. The summed E-state index contributed by atoms with van der Waals surface area (Å²) in [6.07, 6.45) is 1.33. The van der Waals surface area contributed by atoms with Crippen molar-refractivity contribution >= 4 is 40.7 Å². The minimum Gasteiger partial charge on any atom is -0.369 e. The number of aromatic nitrogens is 1. The smallest absolute Gasteiger partial charge is 0.257 e. The molecule has 3 N–H and O–H groups in total. The van der Waals surface area contributed by atoms with Crippen molar-refractivity contribution in [2.75, 3.05) is 5.32 Å². The van der Waals surface area contributed by atoms with E-state index in [9.17, 15) is 9.59 Å². The highest BCUT2D eigenvalue weighted by molar-refractivity contribution is 6.35. The Morgan fingerprint density at radius 3 is 2.67 bits per heavy atom. The molecule has 0 aliphatic heterocycles. The van der Waals surface area contributed by atoms with Gasteiger partial charge >= 0.3 is 0 Å². The molecule has 2 aromatic rings. The number of amides is 2. The Kier molecular flexibility index (Phi) is 4.77. The maximum absolute atomic E-state index is 12.2. The van der Waals surface area contributed by atoms with E-state index >= 15 is 0 Å². The van der Waals surface area contributed by atoms with E-state index in [0.29, 0.717) is 11.3 Å². The average molecular weight is 324 g/mol. The fourth-order valence-corrected chi connectivity index (χ4v) is 2.11. The number of nitrogens with one attached hydrogen (secondary N) is 1. The molecule has 21 heavy (non-hydrogen) atoms. The molecule has 1 aromatic carbocycles. The van der Waals surface area contributed by atoms with Crippen molar-refractivity contribution in [2.24, 2.45) is 5.73 Å². The lowest BCUT2D eigenvalue weighted by atomic mass is 10.1. The Morgan fingerprint density at radius 1 is 1.24 bits per heavy atom. The van der Waals surface area contributed by atoms with Crippen molar-refractivity contribution in [3.63, 3.8) is 0 Å². The van der Waals surface area contributed by atoms with E-state index < -0.39 is 11.8 Å². The topological polar surface area (TPSA) is 85.1 Å². The van der Waals surface area contributed by atoms with Gasteiger partial charge in [0.25, 0.3) is 5.91 Å². The minimum atomic E-state index is -0.485. The Morgan fingerprint density at radius 2 is 1.95 bits per heavy atom. The van der Waals surface area contributed by atoms with Crippen molar-refractivity contribution in [1.29, 1.82) is 0 Å². The number of halogens is 2. The van der Waals surface area contributed by atoms with Gasteiger partial charge in [-0.2, -0.15) is 0 Å². The number of hydrogen-bond donors (Lipinski definition) is 2. The van der Waals surface area contributed by atoms with Crippen LogP contribution in [0.3, 0.4) is 0 Å². The number of hydrogen-bond acceptors (Lipinski definition) is 3. The van der Waals surface area contributed by atoms with Gasteiger partial charge in [-0.05, 0) is 17.7 Å². The molecule has 0 bridgehead atoms. The van der Waals surface area contributed by atoms with Gasteiger partial charge in [0.2, 0.25) is 5.91 Å². The molecule has 108 valence electrons. The molecule has 0 spiro atoms. The molecule has 0 aliphatic carbocycles. The molecular weight excluding hydrogens is 313 g/mol. The first kappa shape index (κ1) is 15.3. The van der Waals surface area contributed by atoms with Crippen LogP contribution >= 0.6 is 23.2 Å². The lowest BCUT2D eigenvalue weighted by Crippen LogP contribution is -2.18. The molecule has 0 radical (unpaired) electrons. The van der Waals surface area contributed by atoms with Crippen molar-refractivity contribution in [1.82, 2.24) is 4.98 Å². The monoisotopic (exact) mass is 323 g/mol. The third-order valence-electron chi connectivity index (χ3n) is 2.70. The van der Waals surface area contributed by atoms with E-state index in [1.807, 2.05) is 0 Å². The highest BCUT2D eigenvalue weighted by atomic mass is 35.5. The van der Waals surface area contributed by atoms with Gasteiger partial charge in [-0.15, -0.1) is 0 Å². The molecule has 0 atom stereocenters. The molecule has 1 heterocycles. The van der Waals surface area contributed by atoms with Crippen molar-refractivity contribution in [3.05, 3.63) is 57.8 Å². The summed E-state index contributed by atoms with van der Waals surface area (Å²) in [6.45, 7) is 0. The first-order valence-corrected chi connectivity index (χ1v) is 6.71. The van der Waals surface area contributed by atoms with Crippen LogP contribution in [0.15, 0.2) is 36.5 Å². The summed E-state index contributed by atoms with van der Waals surface area (Å²) in [4.78, 5) is 27.0. The molecule has 0 saturated carbocycles. The second-order valence-electron chi connectivity index (χ2n) is 4.24. The Labute approximate surface area is 131 Å². The van der Waals surface area contributed by atoms with Gasteiger partial charge in [0.05, 0.1) is 17.0 Å². The van der Waals surface area contributed by atoms with Gasteiger partial charge < -0.3 is 11.1 Å². The predicted molar refractivity (Wildman–Crippen MR) is 81.6 cm³/mol. The lowest BCUT2D eigenvalue weighted by molar-refractivity contribution is -0.117. The van der Waals surface area contributed by atoms with E-state index in [-0.39, 0.29) is 22.2 Å². The molecule has 1 aromatic heterocycles. The normalized spacial score (nSPS) is 10.2. The zero-order valence-corrected chi connectivity index (χ0v) is 12.3. The number of primary amides is 1. The second kappa shape index (κ2) is 6.56. The third-order valence-corrected chi connectivity index (χ3v) is 3.20. The maximum atomic E-state index is 12.2. The summed E-state index contributed by atoms with van der Waals surface area (Å²) < 4.78 is 0. The van der Waals surface area contributed by atoms with Crippen molar-refractivity contribution < 1.29 is 9.59 Å². The van der Waals surface area contributed by atoms with Gasteiger partial charge in [-0.3, -0.25) is 9.59 Å². The maximum Gasteiger partial charge on any atom is 0.257 e. The van der Waals surface area contributed by atoms with E-state index in [4.69, 9.17) is 28.9 Å². The van der Waals surface area contributed by atoms with Crippen LogP contribution in [0.2, 0.25) is 10.2 Å². The number of para-hydroxylation sites is 1. The number of carbonyl (C=O) groups excluding carboxylic acids is 2. The van der Waals surface area contributed by atoms with Crippen LogP contribution in [-0.2, 0) is 11.2 Å². The van der Waals surface area contributed by atoms with E-state index in [0.717, 1.165) is 0 Å². The number of rotatable bonds is 4. The van der Waals surface area contributed by atoms with E-state index in [2.05, 4.69) is 10.3 Å². The zero-order chi connectivity index (χ0) is 15.4. The number of nitrogens with zero attached hydrogens (tertiary/aromatic N) is 1. The van der Waals surface area contributed by atoms with E-state index in [1.165, 1.54) is 12.3 Å². The Balaban J connectivity index is 2.27. The Hall–Kier alpha value is -2.11. The fraction of sp³-hybridized carbons (Fsp3) is 0.0714. The van der Waals surface area contributed by atoms with Crippen LogP contribution in [0.5, 0.6) is 0 Å². The quantitative estimate of drug-likeness (QED) is 0.848. The molecule has 0 unspecified atom stereocenters. The third kappa shape index (κ3) is 3.93. The van der Waals surface area contributed by atoms with Gasteiger partial charge in [0.1, 0.15) is 5.15 Å². The number of carbonyl (C=O) groups is 2. The zero-order valence-electron chi connectivity index (χ0n) is 10.8. The largest absolute Gasteiger partial charge is 0.369 e. The second-order valence-corrected chi connectivity index (χ2v) is 5.04. The summed E-state index contributed by atoms with van der Waals surface area (Å²) in [5.41, 5.74) is 6.49. The van der Waals surface area contributed by atoms with Gasteiger partial charge in [0, 0.05) is 11.9 Å². The number of anilines is 1. The molecule has 0 saturated heterocycles. The fourth-order valence-electron chi connectivity index (χ4n) is 1.76. The summed E-state index contributed by atoms with van der Waals surface area (Å²) in [5.74, 6) is -0.928. The predicted octanol–water partition coefficient (Wildman–Crippen LogP) is 2.67. The highest BCUT2D eigenvalue weighted by Crippen LogP contribution is 2.21. The van der Waals surface area contributed by atoms with Gasteiger partial charge in [-0.1, -0.05) is 41.4 Å². The molecule has 7 heteroatoms. The summed E-state index contributed by atoms with van der Waals surface area (Å²) in [7, 11) is 0. The standard InChI is InChI=1S/C14H11Cl2N3O2/c15-10-7-18-12(16)6-9(10)14(21)19-11-4-2-1-3-8(11)5-13(17)20/h1-4,6-7H,5H2,(H2,17,20)(H,19,21). The molecular formula is C14H11Cl2N3O2. The molecule has 2 rings (SSSR count). The van der Waals surface area contributed by atoms with Crippen LogP contribution in [0.1, 0.15) is 15.9 Å². The number of benzene rings is 1. The van der Waals surface area contributed by atoms with Gasteiger partial charge in [0.15, 0.2) is 0 Å². The summed E-state index contributed by atoms with van der Waals surface area (Å²) in [6, 6.07) is 8.25. The summed E-state index contributed by atoms with van der Waals surface area (Å²) >= 11 is 11.7. The molecule has 5 nitrogen and oxygen atoms in total. The van der Waals surface area contributed by atoms with Gasteiger partial charge in [-0.25, -0.2) is 4.98 Å². The minimum absolute atomic E-state index is 0.0291. The SMILES string of the molecule is NC(=O)Cc1ccccc1NC(=O)c1cc(Cl)ncc1Cl. The molecule has 2 amide bonds. The average Bonchev–Trinajstić information content (AvgIpc) is 2.43. The van der Waals surface area contributed by atoms with Crippen LogP contribution in [0, 0.1) is 0 Å². The van der Waals surface area contributed by atoms with E-state index in [1.54, 1.807) is 24.3 Å². The summed E-state index contributed by atoms with van der Waals surface area (Å²) in [5, 5.41) is 3.03. The van der Waals surface area contributed by atoms with Crippen LogP contribution in [0.25, 0.3) is 0 Å². The number of pyridine rings is 1. The first-order chi connectivity index (χ1) is 9.97. The Bertz CT molecular complexity index is 704. The number of nitrogens with two attached hydrogens (primary N) is 1. The van der Waals surface area contributed by atoms with Crippen molar-refractivity contribution in [3.8, 4) is 0 Å². The molecule has 0 aliphatic rings. The van der Waals surface area contributed by atoms with Crippen LogP contribution in [0.4, 0.5) is 5.69 Å². The highest BCUT2D eigenvalue weighted by Gasteiger charge is 2.14. The lowest BCUT2D eigenvalue weighted by Gasteiger charge is -2.10.